The number of aryl methyl sites for hydroxylation is 2. The van der Waals surface area contributed by atoms with Crippen molar-refractivity contribution in [3.8, 4) is 11.3 Å². The lowest BCUT2D eigenvalue weighted by molar-refractivity contribution is -0.138. The number of fused-ring (bicyclic) bond motifs is 1. The highest BCUT2D eigenvalue weighted by molar-refractivity contribution is 7.89. The topological polar surface area (TPSA) is 223 Å². The Kier molecular flexibility index (Phi) is 10.7. The number of H-pyrrole nitrogens is 1. The molecule has 0 aliphatic heterocycles. The fourth-order valence-electron chi connectivity index (χ4n) is 6.04. The quantitative estimate of drug-likeness (QED) is 0.132. The number of aromatic nitrogens is 2. The lowest BCUT2D eigenvalue weighted by Gasteiger charge is -2.36. The van der Waals surface area contributed by atoms with Crippen LogP contribution in [0.15, 0.2) is 89.7 Å². The highest BCUT2D eigenvalue weighted by atomic mass is 32.2. The first-order valence-corrected chi connectivity index (χ1v) is 17.5. The molecule has 2 heterocycles. The molecule has 51 heavy (non-hydrogen) atoms. The van der Waals surface area contributed by atoms with Crippen LogP contribution < -0.4 is 11.5 Å². The van der Waals surface area contributed by atoms with E-state index in [4.69, 9.17) is 16.0 Å². The molecule has 6 N–H and O–H groups in total. The Morgan fingerprint density at radius 3 is 2.22 bits per heavy atom. The molecule has 266 valence electrons. The van der Waals surface area contributed by atoms with Gasteiger partial charge in [-0.2, -0.15) is 0 Å². The third-order valence-corrected chi connectivity index (χ3v) is 10.4. The molecule has 0 saturated carbocycles. The van der Waals surface area contributed by atoms with Gasteiger partial charge in [0.25, 0.3) is 11.8 Å². The summed E-state index contributed by atoms with van der Waals surface area (Å²) >= 11 is 0. The van der Waals surface area contributed by atoms with Gasteiger partial charge in [-0.25, -0.2) is 12.7 Å². The van der Waals surface area contributed by atoms with E-state index in [1.54, 1.807) is 72.9 Å². The number of aromatic amines is 1. The van der Waals surface area contributed by atoms with Gasteiger partial charge in [-0.05, 0) is 43.2 Å². The van der Waals surface area contributed by atoms with E-state index >= 15 is 0 Å². The van der Waals surface area contributed by atoms with E-state index in [0.717, 1.165) is 16.0 Å². The lowest BCUT2D eigenvalue weighted by atomic mass is 9.99. The summed E-state index contributed by atoms with van der Waals surface area (Å²) in [7, 11) is -3.61. The number of carboxylic acid groups (broad SMARTS) is 1. The molecule has 3 amide bonds. The smallest absolute Gasteiger partial charge is 0.321 e. The van der Waals surface area contributed by atoms with Crippen LogP contribution in [0.1, 0.15) is 32.6 Å². The molecule has 2 aromatic heterocycles. The summed E-state index contributed by atoms with van der Waals surface area (Å²) < 4.78 is 33.8. The number of likely N-dealkylation sites (N-methyl/N-ethyl adjacent to an activating group) is 1. The average molecular weight is 715 g/mol. The van der Waals surface area contributed by atoms with Crippen molar-refractivity contribution in [3.63, 3.8) is 0 Å². The number of amides is 3. The molecule has 0 radical (unpaired) electrons. The molecule has 5 aromatic rings. The third-order valence-electron chi connectivity index (χ3n) is 8.57. The van der Waals surface area contributed by atoms with E-state index in [2.05, 4.69) is 10.1 Å². The maximum atomic E-state index is 14.9. The third kappa shape index (κ3) is 8.16. The average Bonchev–Trinajstić information content (AvgIpc) is 3.76. The van der Waals surface area contributed by atoms with E-state index in [0.29, 0.717) is 37.7 Å². The van der Waals surface area contributed by atoms with Gasteiger partial charge in [0.15, 0.2) is 5.76 Å². The summed E-state index contributed by atoms with van der Waals surface area (Å²) in [6.45, 7) is 3.62. The summed E-state index contributed by atoms with van der Waals surface area (Å²) in [6.07, 6.45) is 2.52. The van der Waals surface area contributed by atoms with Crippen molar-refractivity contribution < 1.29 is 37.2 Å². The number of carbonyl (C=O) groups is 4. The minimum atomic E-state index is -4.97. The molecular weight excluding hydrogens is 676 g/mol. The van der Waals surface area contributed by atoms with Gasteiger partial charge < -0.3 is 31.0 Å². The highest BCUT2D eigenvalue weighted by Gasteiger charge is 2.44. The van der Waals surface area contributed by atoms with Crippen LogP contribution in [0.2, 0.25) is 0 Å². The van der Waals surface area contributed by atoms with E-state index < -0.39 is 57.6 Å². The number of nitrogens with two attached hydrogens (primary N) is 2. The second-order valence-electron chi connectivity index (χ2n) is 12.4. The number of primary amides is 1. The van der Waals surface area contributed by atoms with Crippen LogP contribution in [-0.4, -0.2) is 87.5 Å². The van der Waals surface area contributed by atoms with E-state index in [-0.39, 0.29) is 18.4 Å². The summed E-state index contributed by atoms with van der Waals surface area (Å²) in [5.41, 5.74) is 15.7. The number of aliphatic carboxylic acids is 1. The number of benzene rings is 3. The van der Waals surface area contributed by atoms with Crippen LogP contribution >= 0.6 is 0 Å². The number of hydrogen-bond donors (Lipinski definition) is 4. The van der Waals surface area contributed by atoms with Crippen molar-refractivity contribution in [2.45, 2.75) is 44.8 Å². The van der Waals surface area contributed by atoms with Gasteiger partial charge in [-0.3, -0.25) is 19.2 Å². The monoisotopic (exact) mass is 714 g/mol. The zero-order valence-electron chi connectivity index (χ0n) is 28.1. The van der Waals surface area contributed by atoms with Crippen LogP contribution in [0.4, 0.5) is 0 Å². The Bertz CT molecular complexity index is 2160. The van der Waals surface area contributed by atoms with Crippen LogP contribution in [0.5, 0.6) is 0 Å². The summed E-state index contributed by atoms with van der Waals surface area (Å²) in [5, 5.41) is 13.9. The Balaban J connectivity index is 1.62. The Labute approximate surface area is 294 Å². The van der Waals surface area contributed by atoms with Gasteiger partial charge in [-0.1, -0.05) is 64.8 Å². The second-order valence-corrected chi connectivity index (χ2v) is 14.3. The Morgan fingerprint density at radius 1 is 0.941 bits per heavy atom. The van der Waals surface area contributed by atoms with Gasteiger partial charge in [0.1, 0.15) is 18.1 Å². The van der Waals surface area contributed by atoms with Gasteiger partial charge in [0.2, 0.25) is 15.9 Å². The lowest BCUT2D eigenvalue weighted by Crippen LogP contribution is -2.60. The number of nitrogens with one attached hydrogen (secondary N) is 1. The molecule has 3 aromatic carbocycles. The van der Waals surface area contributed by atoms with Crippen LogP contribution in [0.25, 0.3) is 22.2 Å². The molecule has 0 aliphatic rings. The molecule has 15 heteroatoms. The number of para-hydroxylation sites is 1. The maximum absolute atomic E-state index is 14.9. The molecular formula is C36H38N6O8S. The molecule has 14 nitrogen and oxygen atoms in total. The second kappa shape index (κ2) is 15.0. The highest BCUT2D eigenvalue weighted by Crippen LogP contribution is 2.26. The number of nitrogens with zero attached hydrogens (tertiary/aromatic N) is 3. The zero-order valence-corrected chi connectivity index (χ0v) is 29.0. The fourth-order valence-corrected chi connectivity index (χ4v) is 7.76. The molecule has 3 atom stereocenters. The van der Waals surface area contributed by atoms with Gasteiger partial charge in [-0.15, -0.1) is 0 Å². The first-order chi connectivity index (χ1) is 24.2. The fraction of sp³-hybridized carbons (Fsp3) is 0.250. The summed E-state index contributed by atoms with van der Waals surface area (Å²) in [5.74, 6) is -5.30. The van der Waals surface area contributed by atoms with Crippen LogP contribution in [0.3, 0.4) is 0 Å². The van der Waals surface area contributed by atoms with Crippen molar-refractivity contribution in [1.29, 1.82) is 0 Å². The van der Waals surface area contributed by atoms with E-state index in [9.17, 15) is 32.7 Å². The number of rotatable bonds is 14. The van der Waals surface area contributed by atoms with Crippen molar-refractivity contribution >= 4 is 44.6 Å². The van der Waals surface area contributed by atoms with Gasteiger partial charge in [0.05, 0.1) is 11.9 Å². The largest absolute Gasteiger partial charge is 0.480 e. The maximum Gasteiger partial charge on any atom is 0.321 e. The molecule has 0 fully saturated rings. The minimum absolute atomic E-state index is 0.196. The minimum Gasteiger partial charge on any atom is -0.480 e. The summed E-state index contributed by atoms with van der Waals surface area (Å²) in [4.78, 5) is 58.0. The van der Waals surface area contributed by atoms with Crippen LogP contribution in [0, 0.1) is 13.8 Å². The molecule has 5 rings (SSSR count). The predicted molar refractivity (Wildman–Crippen MR) is 189 cm³/mol. The molecule has 1 unspecified atom stereocenters. The number of hydrogen-bond acceptors (Lipinski definition) is 9. The molecule has 0 saturated heterocycles. The van der Waals surface area contributed by atoms with E-state index in [1.807, 2.05) is 19.9 Å². The van der Waals surface area contributed by atoms with Gasteiger partial charge >= 0.3 is 5.97 Å². The van der Waals surface area contributed by atoms with Crippen molar-refractivity contribution in [2.24, 2.45) is 11.5 Å². The van der Waals surface area contributed by atoms with Crippen molar-refractivity contribution in [3.05, 3.63) is 113 Å². The van der Waals surface area contributed by atoms with Gasteiger partial charge in [0, 0.05) is 54.2 Å². The Hall–Kier alpha value is -5.80. The first-order valence-electron chi connectivity index (χ1n) is 15.9. The zero-order chi connectivity index (χ0) is 37.0. The SMILES string of the molecule is Cc1cc(C)cc(C(=O)N(C)[C@@H](Cc2ccc(-c3ccno3)cc2)C(=O)N([C@@H](Cc2c[nH]c3ccccc23)C(N)=O)S(=O)(=O)CC(N)C(=O)O)c1. The number of carboxylic acids is 1. The Morgan fingerprint density at radius 2 is 1.61 bits per heavy atom. The predicted octanol–water partition coefficient (Wildman–Crippen LogP) is 2.79. The number of carbonyl (C=O) groups excluding carboxylic acids is 3. The normalized spacial score (nSPS) is 13.3. The standard InChI is InChI=1S/C36H38N6O8S/c1-21-14-22(2)16-25(15-21)34(44)41(3)31(17-23-8-10-24(11-9-23)32-12-13-40-50-32)35(45)42(51(48,49)20-28(37)36(46)47)30(33(38)43)18-26-19-39-29-7-5-4-6-27(26)29/h4-16,19,28,30-31,39H,17-18,20,37H2,1-3H3,(H2,38,43)(H,46,47)/t28?,30-,31-/m0/s1. The molecule has 0 aliphatic carbocycles. The molecule has 0 bridgehead atoms. The van der Waals surface area contributed by atoms with Crippen molar-refractivity contribution in [1.82, 2.24) is 19.3 Å². The first kappa shape index (κ1) is 36.5. The van der Waals surface area contributed by atoms with E-state index in [1.165, 1.54) is 13.2 Å². The summed E-state index contributed by atoms with van der Waals surface area (Å²) in [6, 6.07) is 15.4. The van der Waals surface area contributed by atoms with Crippen molar-refractivity contribution in [2.75, 3.05) is 12.8 Å². The number of sulfonamides is 1. The molecule has 0 spiro atoms. The van der Waals surface area contributed by atoms with Crippen LogP contribution in [-0.2, 0) is 37.2 Å².